The minimum absolute atomic E-state index is 0.0697. The first kappa shape index (κ1) is 25.0. The lowest BCUT2D eigenvalue weighted by molar-refractivity contribution is -0.128. The molecular formula is C28H32N6O2. The van der Waals surface area contributed by atoms with Gasteiger partial charge >= 0.3 is 0 Å². The number of benzene rings is 2. The summed E-state index contributed by atoms with van der Waals surface area (Å²) in [7, 11) is 0. The minimum Gasteiger partial charge on any atom is -0.349 e. The van der Waals surface area contributed by atoms with Crippen LogP contribution in [0.4, 0.5) is 5.69 Å². The summed E-state index contributed by atoms with van der Waals surface area (Å²) in [6.07, 6.45) is 4.74. The van der Waals surface area contributed by atoms with E-state index >= 15 is 0 Å². The molecule has 0 saturated carbocycles. The predicted molar refractivity (Wildman–Crippen MR) is 140 cm³/mol. The van der Waals surface area contributed by atoms with Gasteiger partial charge in [-0.3, -0.25) is 19.5 Å². The Bertz CT molecular complexity index is 1350. The summed E-state index contributed by atoms with van der Waals surface area (Å²) in [6, 6.07) is 17.9. The predicted octanol–water partition coefficient (Wildman–Crippen LogP) is 4.47. The second-order valence-electron chi connectivity index (χ2n) is 9.40. The van der Waals surface area contributed by atoms with E-state index in [-0.39, 0.29) is 18.4 Å². The molecule has 2 aromatic heterocycles. The van der Waals surface area contributed by atoms with Gasteiger partial charge in [0, 0.05) is 29.2 Å². The summed E-state index contributed by atoms with van der Waals surface area (Å²) in [4.78, 5) is 33.8. The molecule has 0 aliphatic carbocycles. The van der Waals surface area contributed by atoms with Crippen LogP contribution < -0.4 is 10.2 Å². The highest BCUT2D eigenvalue weighted by atomic mass is 16.2. The van der Waals surface area contributed by atoms with Gasteiger partial charge in [-0.05, 0) is 56.5 Å². The summed E-state index contributed by atoms with van der Waals surface area (Å²) in [5.74, 6) is -0.539. The number of nitrogens with zero attached hydrogens (tertiary/aromatic N) is 5. The van der Waals surface area contributed by atoms with Crippen LogP contribution in [0, 0.1) is 0 Å². The number of aromatic nitrogens is 4. The van der Waals surface area contributed by atoms with Gasteiger partial charge in [-0.2, -0.15) is 0 Å². The summed E-state index contributed by atoms with van der Waals surface area (Å²) < 4.78 is 1.58. The van der Waals surface area contributed by atoms with Crippen molar-refractivity contribution in [3.05, 3.63) is 84.2 Å². The third kappa shape index (κ3) is 5.27. The molecule has 36 heavy (non-hydrogen) atoms. The van der Waals surface area contributed by atoms with Crippen LogP contribution in [-0.4, -0.2) is 37.3 Å². The van der Waals surface area contributed by atoms with E-state index in [9.17, 15) is 9.59 Å². The van der Waals surface area contributed by atoms with E-state index < -0.39 is 11.6 Å². The third-order valence-electron chi connectivity index (χ3n) is 6.46. The maximum atomic E-state index is 14.1. The standard InChI is InChI=1S/C28H32N6O2/c1-5-20-12-7-9-15-23(20)34(25(35)19-33-24-16-10-8-14-22(24)31-32-33)26(21-13-11-17-29-18-21)27(36)30-28(3,4)6-2/h7-18,26H,5-6,19H2,1-4H3,(H,30,36)/t26-/m1/s1. The van der Waals surface area contributed by atoms with Crippen molar-refractivity contribution in [1.82, 2.24) is 25.3 Å². The second-order valence-corrected chi connectivity index (χ2v) is 9.40. The average molecular weight is 485 g/mol. The van der Waals surface area contributed by atoms with E-state index in [2.05, 4.69) is 20.6 Å². The number of nitrogens with one attached hydrogen (secondary N) is 1. The van der Waals surface area contributed by atoms with Crippen LogP contribution >= 0.6 is 0 Å². The van der Waals surface area contributed by atoms with Crippen LogP contribution in [0.15, 0.2) is 73.1 Å². The van der Waals surface area contributed by atoms with E-state index in [1.807, 2.05) is 82.3 Å². The van der Waals surface area contributed by atoms with Crippen LogP contribution in [0.3, 0.4) is 0 Å². The number of aryl methyl sites for hydroxylation is 1. The van der Waals surface area contributed by atoms with Gasteiger partial charge in [0.15, 0.2) is 0 Å². The van der Waals surface area contributed by atoms with Crippen LogP contribution in [0.2, 0.25) is 0 Å². The van der Waals surface area contributed by atoms with Crippen LogP contribution in [0.25, 0.3) is 11.0 Å². The topological polar surface area (TPSA) is 93.0 Å². The summed E-state index contributed by atoms with van der Waals surface area (Å²) in [6.45, 7) is 7.92. The first-order valence-corrected chi connectivity index (χ1v) is 12.2. The third-order valence-corrected chi connectivity index (χ3v) is 6.46. The number of hydrogen-bond acceptors (Lipinski definition) is 5. The molecule has 0 fully saturated rings. The first-order chi connectivity index (χ1) is 17.3. The van der Waals surface area contributed by atoms with Gasteiger partial charge in [-0.25, -0.2) is 4.68 Å². The second kappa shape index (κ2) is 10.7. The molecule has 2 amide bonds. The number of para-hydroxylation sites is 2. The van der Waals surface area contributed by atoms with Crippen molar-refractivity contribution >= 4 is 28.5 Å². The molecule has 1 N–H and O–H groups in total. The lowest BCUT2D eigenvalue weighted by Gasteiger charge is -2.35. The van der Waals surface area contributed by atoms with Crippen molar-refractivity contribution in [2.45, 2.75) is 58.7 Å². The molecule has 0 bridgehead atoms. The zero-order valence-corrected chi connectivity index (χ0v) is 21.2. The van der Waals surface area contributed by atoms with Crippen molar-refractivity contribution in [1.29, 1.82) is 0 Å². The molecule has 4 rings (SSSR count). The molecule has 8 nitrogen and oxygen atoms in total. The fourth-order valence-electron chi connectivity index (χ4n) is 4.15. The summed E-state index contributed by atoms with van der Waals surface area (Å²) in [5.41, 5.74) is 3.29. The Balaban J connectivity index is 1.84. The van der Waals surface area contributed by atoms with Crippen LogP contribution in [0.1, 0.15) is 51.3 Å². The van der Waals surface area contributed by atoms with E-state index in [1.54, 1.807) is 28.0 Å². The number of rotatable bonds is 9. The Hall–Kier alpha value is -4.07. The lowest BCUT2D eigenvalue weighted by Crippen LogP contribution is -2.51. The number of hydrogen-bond donors (Lipinski definition) is 1. The van der Waals surface area contributed by atoms with Gasteiger partial charge < -0.3 is 5.32 Å². The van der Waals surface area contributed by atoms with Crippen molar-refractivity contribution in [2.75, 3.05) is 4.90 Å². The zero-order valence-electron chi connectivity index (χ0n) is 21.2. The zero-order chi connectivity index (χ0) is 25.7. The Labute approximate surface area is 211 Å². The molecule has 1 atom stereocenters. The number of anilines is 1. The van der Waals surface area contributed by atoms with Gasteiger partial charge in [0.25, 0.3) is 0 Å². The molecular weight excluding hydrogens is 452 g/mol. The van der Waals surface area contributed by atoms with Gasteiger partial charge in [-0.15, -0.1) is 5.10 Å². The number of pyridine rings is 1. The molecule has 2 heterocycles. The monoisotopic (exact) mass is 484 g/mol. The van der Waals surface area contributed by atoms with E-state index in [4.69, 9.17) is 0 Å². The van der Waals surface area contributed by atoms with Gasteiger partial charge in [0.1, 0.15) is 18.1 Å². The Morgan fingerprint density at radius 1 is 1.03 bits per heavy atom. The van der Waals surface area contributed by atoms with Gasteiger partial charge in [0.2, 0.25) is 11.8 Å². The van der Waals surface area contributed by atoms with Crippen molar-refractivity contribution in [3.8, 4) is 0 Å². The quantitative estimate of drug-likeness (QED) is 0.378. The maximum absolute atomic E-state index is 14.1. The van der Waals surface area contributed by atoms with Crippen molar-refractivity contribution < 1.29 is 9.59 Å². The number of carbonyl (C=O) groups is 2. The maximum Gasteiger partial charge on any atom is 0.249 e. The van der Waals surface area contributed by atoms with Crippen molar-refractivity contribution in [3.63, 3.8) is 0 Å². The summed E-state index contributed by atoms with van der Waals surface area (Å²) >= 11 is 0. The number of fused-ring (bicyclic) bond motifs is 1. The van der Waals surface area contributed by atoms with Crippen LogP contribution in [0.5, 0.6) is 0 Å². The van der Waals surface area contributed by atoms with E-state index in [0.717, 1.165) is 17.5 Å². The molecule has 0 aliphatic rings. The molecule has 0 spiro atoms. The fourth-order valence-corrected chi connectivity index (χ4v) is 4.15. The molecule has 186 valence electrons. The molecule has 0 radical (unpaired) electrons. The molecule has 2 aromatic carbocycles. The Kier molecular flexibility index (Phi) is 7.43. The Morgan fingerprint density at radius 3 is 2.50 bits per heavy atom. The summed E-state index contributed by atoms with van der Waals surface area (Å²) in [5, 5.41) is 11.5. The number of amides is 2. The molecule has 0 aliphatic heterocycles. The van der Waals surface area contributed by atoms with Gasteiger partial charge in [0.05, 0.1) is 5.52 Å². The smallest absolute Gasteiger partial charge is 0.249 e. The SMILES string of the molecule is CCc1ccccc1N(C(=O)Cn1nnc2ccccc21)[C@@H](C(=O)NC(C)(C)CC)c1cccnc1. The molecule has 8 heteroatoms. The Morgan fingerprint density at radius 2 is 1.78 bits per heavy atom. The highest BCUT2D eigenvalue weighted by Crippen LogP contribution is 2.32. The van der Waals surface area contributed by atoms with Crippen LogP contribution in [-0.2, 0) is 22.6 Å². The molecule has 0 saturated heterocycles. The normalized spacial score (nSPS) is 12.3. The van der Waals surface area contributed by atoms with E-state index in [0.29, 0.717) is 23.2 Å². The average Bonchev–Trinajstić information content (AvgIpc) is 3.30. The highest BCUT2D eigenvalue weighted by Gasteiger charge is 2.36. The lowest BCUT2D eigenvalue weighted by atomic mass is 9.98. The minimum atomic E-state index is -0.917. The first-order valence-electron chi connectivity index (χ1n) is 12.2. The van der Waals surface area contributed by atoms with Gasteiger partial charge in [-0.1, -0.05) is 55.5 Å². The fraction of sp³-hybridized carbons (Fsp3) is 0.321. The largest absolute Gasteiger partial charge is 0.349 e. The molecule has 4 aromatic rings. The van der Waals surface area contributed by atoms with Crippen molar-refractivity contribution in [2.24, 2.45) is 0 Å². The molecule has 0 unspecified atom stereocenters. The van der Waals surface area contributed by atoms with E-state index in [1.165, 1.54) is 0 Å². The highest BCUT2D eigenvalue weighted by molar-refractivity contribution is 6.02. The number of carbonyl (C=O) groups excluding carboxylic acids is 2.